The fraction of sp³-hybridized carbons (Fsp3) is 0.267. The number of halogens is 8. The maximum Gasteiger partial charge on any atom is 0.573 e. The molecule has 13 rings (SSSR count). The summed E-state index contributed by atoms with van der Waals surface area (Å²) in [5.41, 5.74) is 9.44. The summed E-state index contributed by atoms with van der Waals surface area (Å²) in [6.07, 6.45) is 2.19. The number of methoxy groups -OCH3 is 3. The second kappa shape index (κ2) is 45.5. The van der Waals surface area contributed by atoms with Crippen molar-refractivity contribution >= 4 is 216 Å². The van der Waals surface area contributed by atoms with Crippen molar-refractivity contribution < 1.29 is 77.5 Å². The van der Waals surface area contributed by atoms with E-state index in [1.54, 1.807) is 149 Å². The van der Waals surface area contributed by atoms with Crippen LogP contribution in [0.4, 0.5) is 116 Å². The second-order valence-corrected chi connectivity index (χ2v) is 49.0. The lowest BCUT2D eigenvalue weighted by atomic mass is 9.95. The quantitative estimate of drug-likeness (QED) is 0.0142. The van der Waals surface area contributed by atoms with E-state index < -0.39 is 67.5 Å². The first kappa shape index (κ1) is 105. The Bertz CT molecular complexity index is 6640. The number of piperidine rings is 1. The minimum absolute atomic E-state index is 0.00676. The SMILES string of the molecule is CC(C)S(=O)(=O)c1ccccc1Nc1nc(Nc2ccc(P(C)(C)=O)cc2F)ncc1Cl.CNC(=O)C1CCN(c2ccc(Nc3ncc(Cl)c(Nc4ccccc4P(C)(C)=O)n3)c(OC)c2)CC1.COc1cc(P(C)(C)=O)ccc1Nc1ncc(Cl)c(Nc2ccc(C(N)=O)cc2OC(F)(F)F)n1.COc1cc(P(C)(C)=O)ccc1Nc1ncc(Cl)c(Nc2ccccc2OC(C)C)n1. The minimum atomic E-state index is -5.03. The van der Waals surface area contributed by atoms with Crippen LogP contribution in [0.1, 0.15) is 50.9 Å². The van der Waals surface area contributed by atoms with Crippen molar-refractivity contribution in [2.75, 3.05) is 142 Å². The standard InChI is InChI=1S/C26H32ClN6O3P.C22H26ClN4O3P.C21H20ClF3N5O4P.C21H23ClFN4O3PS/c1-28-25(34)17-11-13-33(14-12-17)18-9-10-20(22(15-18)36-2)31-26-29-16-19(27)24(32-26)30-21-7-5-6-8-23(21)37(3,4)35;1-14(2)30-19-9-7-6-8-17(19)25-21-16(23)13-24-22(27-21)26-18-11-10-15(31(4,5)28)12-20(18)29-3;1-33-16-9-12(35(2,3)32)5-7-14(16)29-20-27-10-13(22)19(30-20)28-15-6-4-11(18(26)31)8-17(15)34-21(23,24)25;1-13(2)32(29,30)19-8-6-5-7-18(19)25-20-15(22)12-24-21(27-20)26-17-10-9-14(11-16(17)23)31(3,4)28/h5-10,15-17H,11-14H2,1-4H3,(H,28,34)(H2,29,30,31,32);6-14H,1-5H3,(H2,24,25,26,27);4-10H,1-3H3,(H2,26,31)(H2,27,28,29,30);5-13H,1-4H3,(H2,24,25,26,27). The van der Waals surface area contributed by atoms with Gasteiger partial charge in [-0.2, -0.15) is 19.9 Å². The summed E-state index contributed by atoms with van der Waals surface area (Å²) in [4.78, 5) is 59.9. The highest BCUT2D eigenvalue weighted by atomic mass is 35.5. The average molecular weight is 2030 g/mol. The zero-order chi connectivity index (χ0) is 98.8. The van der Waals surface area contributed by atoms with Gasteiger partial charge in [-0.25, -0.2) is 32.7 Å². The largest absolute Gasteiger partial charge is 0.573 e. The maximum absolute atomic E-state index is 14.5. The van der Waals surface area contributed by atoms with Crippen molar-refractivity contribution in [1.29, 1.82) is 0 Å². The number of amides is 2. The molecule has 1 aliphatic rings. The third-order valence-electron chi connectivity index (χ3n) is 19.9. The molecule has 4 aromatic heterocycles. The van der Waals surface area contributed by atoms with E-state index in [0.29, 0.717) is 95.6 Å². The van der Waals surface area contributed by atoms with Crippen LogP contribution in [-0.4, -0.2) is 173 Å². The fourth-order valence-electron chi connectivity index (χ4n) is 12.8. The van der Waals surface area contributed by atoms with Crippen LogP contribution in [0.25, 0.3) is 0 Å². The Kier molecular flexibility index (Phi) is 35.4. The van der Waals surface area contributed by atoms with Crippen molar-refractivity contribution in [1.82, 2.24) is 45.2 Å². The van der Waals surface area contributed by atoms with E-state index in [4.69, 9.17) is 71.1 Å². The molecule has 0 radical (unpaired) electrons. The summed E-state index contributed by atoms with van der Waals surface area (Å²) in [6.45, 7) is 22.0. The number of anilines is 17. The molecular formula is C90H101Cl4F4N19O13P4S. The van der Waals surface area contributed by atoms with E-state index >= 15 is 0 Å². The lowest BCUT2D eigenvalue weighted by Gasteiger charge is -2.33. The van der Waals surface area contributed by atoms with E-state index in [-0.39, 0.29) is 73.3 Å². The summed E-state index contributed by atoms with van der Waals surface area (Å²) in [5, 5.41) is 29.5. The lowest BCUT2D eigenvalue weighted by molar-refractivity contribution is -0.274. The van der Waals surface area contributed by atoms with E-state index in [2.05, 4.69) is 97.4 Å². The molecule has 1 fully saturated rings. The third kappa shape index (κ3) is 29.3. The van der Waals surface area contributed by atoms with Gasteiger partial charge < -0.3 is 100 Å². The third-order valence-corrected chi connectivity index (χ3v) is 29.3. The maximum atomic E-state index is 14.5. The topological polar surface area (TPSA) is 423 Å². The number of benzene rings is 8. The average Bonchev–Trinajstić information content (AvgIpc) is 0.836. The molecule has 32 nitrogen and oxygen atoms in total. The number of nitrogens with zero attached hydrogens (tertiary/aromatic N) is 9. The molecule has 2 amide bonds. The second-order valence-electron chi connectivity index (χ2n) is 32.1. The minimum Gasteiger partial charge on any atom is -0.495 e. The Morgan fingerprint density at radius 1 is 0.459 bits per heavy atom. The number of rotatable bonds is 31. The van der Waals surface area contributed by atoms with E-state index in [0.717, 1.165) is 54.0 Å². The number of hydrogen-bond donors (Lipinski definition) is 10. The number of primary amides is 1. The molecule has 0 bridgehead atoms. The van der Waals surface area contributed by atoms with Crippen LogP contribution in [0.15, 0.2) is 193 Å². The highest BCUT2D eigenvalue weighted by Crippen LogP contribution is 2.45. The van der Waals surface area contributed by atoms with Gasteiger partial charge in [0.15, 0.2) is 38.9 Å². The van der Waals surface area contributed by atoms with Crippen LogP contribution >= 0.6 is 75.0 Å². The number of hydrogen-bond acceptors (Lipinski definition) is 30. The molecular weight excluding hydrogens is 1930 g/mol. The van der Waals surface area contributed by atoms with Crippen molar-refractivity contribution in [3.8, 4) is 28.7 Å². The molecule has 0 unspecified atom stereocenters. The zero-order valence-corrected chi connectivity index (χ0v) is 83.5. The monoisotopic (exact) mass is 2030 g/mol. The number of nitrogens with two attached hydrogens (primary N) is 1. The molecule has 1 saturated heterocycles. The van der Waals surface area contributed by atoms with Gasteiger partial charge in [0, 0.05) is 64.6 Å². The first-order valence-electron chi connectivity index (χ1n) is 41.2. The number of carbonyl (C=O) groups is 2. The van der Waals surface area contributed by atoms with Crippen LogP contribution in [0.5, 0.6) is 28.7 Å². The molecule has 0 spiro atoms. The molecule has 716 valence electrons. The Morgan fingerprint density at radius 3 is 1.24 bits per heavy atom. The van der Waals surface area contributed by atoms with Gasteiger partial charge in [0.2, 0.25) is 35.6 Å². The number of carbonyl (C=O) groups excluding carboxylic acids is 2. The molecule has 11 N–H and O–H groups in total. The van der Waals surface area contributed by atoms with Gasteiger partial charge in [-0.3, -0.25) is 9.59 Å². The van der Waals surface area contributed by atoms with Gasteiger partial charge in [0.1, 0.15) is 77.5 Å². The molecule has 12 aromatic rings. The van der Waals surface area contributed by atoms with Crippen molar-refractivity contribution in [2.24, 2.45) is 11.7 Å². The molecule has 0 saturated carbocycles. The van der Waals surface area contributed by atoms with Gasteiger partial charge in [-0.1, -0.05) is 82.8 Å². The van der Waals surface area contributed by atoms with E-state index in [1.807, 2.05) is 80.6 Å². The van der Waals surface area contributed by atoms with Crippen molar-refractivity contribution in [2.45, 2.75) is 63.1 Å². The van der Waals surface area contributed by atoms with Crippen LogP contribution in [-0.2, 0) is 32.9 Å². The van der Waals surface area contributed by atoms with Crippen LogP contribution in [0.3, 0.4) is 0 Å². The van der Waals surface area contributed by atoms with Crippen molar-refractivity contribution in [3.05, 3.63) is 220 Å². The molecule has 135 heavy (non-hydrogen) atoms. The normalized spacial score (nSPS) is 12.4. The summed E-state index contributed by atoms with van der Waals surface area (Å²) in [5.74, 6) is 1.85. The summed E-state index contributed by atoms with van der Waals surface area (Å²) < 4.78 is 155. The lowest BCUT2D eigenvalue weighted by Crippen LogP contribution is -2.39. The number of nitrogens with one attached hydrogen (secondary N) is 9. The summed E-state index contributed by atoms with van der Waals surface area (Å²) in [7, 11) is -7.32. The fourth-order valence-corrected chi connectivity index (χ4v) is 18.3. The van der Waals surface area contributed by atoms with Crippen molar-refractivity contribution in [3.63, 3.8) is 0 Å². The molecule has 8 aromatic carbocycles. The van der Waals surface area contributed by atoms with E-state index in [1.165, 1.54) is 62.2 Å². The molecule has 1 aliphatic heterocycles. The Balaban J connectivity index is 0.000000187. The van der Waals surface area contributed by atoms with E-state index in [9.17, 15) is 53.8 Å². The smallest absolute Gasteiger partial charge is 0.495 e. The van der Waals surface area contributed by atoms with Gasteiger partial charge in [-0.15, -0.1) is 13.2 Å². The number of alkyl halides is 3. The zero-order valence-electron chi connectivity index (χ0n) is 76.1. The Morgan fingerprint density at radius 2 is 0.830 bits per heavy atom. The van der Waals surface area contributed by atoms with Gasteiger partial charge in [-0.05, 0) is 215 Å². The van der Waals surface area contributed by atoms with Crippen LogP contribution < -0.4 is 103 Å². The van der Waals surface area contributed by atoms with Crippen LogP contribution in [0, 0.1) is 11.7 Å². The first-order valence-corrected chi connectivity index (χ1v) is 54.6. The first-order chi connectivity index (χ1) is 63.5. The molecule has 45 heteroatoms. The highest BCUT2D eigenvalue weighted by Gasteiger charge is 2.34. The number of sulfone groups is 1. The predicted molar refractivity (Wildman–Crippen MR) is 534 cm³/mol. The molecule has 0 atom stereocenters. The van der Waals surface area contributed by atoms with Crippen LogP contribution in [0.2, 0.25) is 20.1 Å². The Hall–Kier alpha value is -12.0. The molecule has 0 aliphatic carbocycles. The number of para-hydroxylation sites is 4. The highest BCUT2D eigenvalue weighted by molar-refractivity contribution is 7.92. The summed E-state index contributed by atoms with van der Waals surface area (Å²) in [6, 6.07) is 45.1. The van der Waals surface area contributed by atoms with Gasteiger partial charge in [0.25, 0.3) is 0 Å². The Labute approximate surface area is 799 Å². The summed E-state index contributed by atoms with van der Waals surface area (Å²) >= 11 is 25.1. The number of aromatic nitrogens is 8. The predicted octanol–water partition coefficient (Wildman–Crippen LogP) is 20.6. The molecule has 5 heterocycles. The van der Waals surface area contributed by atoms with Gasteiger partial charge in [0.05, 0.1) is 108 Å². The number of ether oxygens (including phenoxy) is 5. The van der Waals surface area contributed by atoms with Gasteiger partial charge >= 0.3 is 6.36 Å².